The molecule has 3 aromatic rings. The first-order valence-electron chi connectivity index (χ1n) is 14.4. The number of thiazole rings is 1. The van der Waals surface area contributed by atoms with E-state index >= 15 is 0 Å². The maximum Gasteiger partial charge on any atom is 0.352 e. The van der Waals surface area contributed by atoms with E-state index in [-0.39, 0.29) is 39.2 Å². The molecule has 1 fully saturated rings. The van der Waals surface area contributed by atoms with Crippen LogP contribution in [0.4, 0.5) is 10.9 Å². The molecule has 9 N–H and O–H groups in total. The number of nitrogen functional groups attached to an aromatic ring is 2. The number of amides is 2. The molecule has 2 amide bonds. The van der Waals surface area contributed by atoms with Crippen molar-refractivity contribution in [2.24, 2.45) is 10.9 Å². The Morgan fingerprint density at radius 3 is 2.71 bits per heavy atom. The van der Waals surface area contributed by atoms with Crippen LogP contribution in [0.2, 0.25) is 4.34 Å². The third kappa shape index (κ3) is 6.90. The molecule has 1 unspecified atom stereocenters. The van der Waals surface area contributed by atoms with Crippen LogP contribution < -0.4 is 27.1 Å². The first-order valence-corrected chi connectivity index (χ1v) is 16.7. The van der Waals surface area contributed by atoms with Gasteiger partial charge in [-0.2, -0.15) is 4.57 Å². The minimum Gasteiger partial charge on any atom is -0.478 e. The fraction of sp³-hybridized carbons (Fsp3) is 0.393. The summed E-state index contributed by atoms with van der Waals surface area (Å²) in [5.74, 6) is -3.49. The number of carbonyl (C=O) groups excluding carboxylic acids is 2. The Morgan fingerprint density at radius 1 is 1.31 bits per heavy atom. The number of hydrogen-bond acceptors (Lipinski definition) is 13. The Morgan fingerprint density at radius 2 is 2.06 bits per heavy atom. The summed E-state index contributed by atoms with van der Waals surface area (Å²) in [4.78, 5) is 60.6. The third-order valence-electron chi connectivity index (χ3n) is 7.67. The number of methoxy groups -OCH3 is 1. The van der Waals surface area contributed by atoms with Crippen molar-refractivity contribution >= 4 is 86.1 Å². The van der Waals surface area contributed by atoms with Gasteiger partial charge in [-0.05, 0) is 19.4 Å². The Kier molecular flexibility index (Phi) is 10.4. The predicted molar refractivity (Wildman–Crippen MR) is 177 cm³/mol. The number of pyridine rings is 1. The minimum atomic E-state index is -1.42. The van der Waals surface area contributed by atoms with Gasteiger partial charge in [0.25, 0.3) is 11.8 Å². The van der Waals surface area contributed by atoms with E-state index in [4.69, 9.17) is 43.5 Å². The number of anilines is 2. The van der Waals surface area contributed by atoms with Crippen LogP contribution in [0, 0.1) is 0 Å². The van der Waals surface area contributed by atoms with Crippen molar-refractivity contribution in [3.05, 3.63) is 45.7 Å². The maximum absolute atomic E-state index is 13.4. The zero-order valence-electron chi connectivity index (χ0n) is 25.7. The molecule has 2 aliphatic heterocycles. The van der Waals surface area contributed by atoms with Gasteiger partial charge in [-0.1, -0.05) is 28.1 Å². The number of hydrogen-bond donors (Lipinski definition) is 6. The number of carboxylic acids is 2. The van der Waals surface area contributed by atoms with Crippen molar-refractivity contribution in [3.8, 4) is 0 Å². The summed E-state index contributed by atoms with van der Waals surface area (Å²) in [6, 6.07) is 4.24. The SMILES string of the molecule is COC[C@@H](N)CCn1c(N)cc2c1ccc[n+]2CC1=C(C(=O)O)N2C(=O)[C@@H](NC(=O)C(=NO[C@@H](C)C(=O)O)c3nc(N)sc3Cl)C2SC1. The van der Waals surface area contributed by atoms with Gasteiger partial charge in [0.1, 0.15) is 38.5 Å². The van der Waals surface area contributed by atoms with E-state index in [9.17, 15) is 24.3 Å². The van der Waals surface area contributed by atoms with Crippen molar-refractivity contribution in [3.63, 3.8) is 0 Å². The smallest absolute Gasteiger partial charge is 0.352 e. The fourth-order valence-electron chi connectivity index (χ4n) is 5.33. The number of aromatic nitrogens is 3. The van der Waals surface area contributed by atoms with Crippen LogP contribution in [0.15, 0.2) is 40.8 Å². The number of oxime groups is 1. The zero-order chi connectivity index (χ0) is 34.9. The molecule has 0 spiro atoms. The molecule has 0 aromatic carbocycles. The summed E-state index contributed by atoms with van der Waals surface area (Å²) in [6.45, 7) is 2.32. The Bertz CT molecular complexity index is 1840. The quantitative estimate of drug-likeness (QED) is 0.0563. The molecule has 0 saturated carbocycles. The predicted octanol–water partition coefficient (Wildman–Crippen LogP) is 0.200. The minimum absolute atomic E-state index is 0.0124. The Hall–Kier alpha value is -4.43. The van der Waals surface area contributed by atoms with Crippen LogP contribution in [0.1, 0.15) is 19.0 Å². The summed E-state index contributed by atoms with van der Waals surface area (Å²) in [7, 11) is 1.59. The van der Waals surface area contributed by atoms with Crippen LogP contribution in [-0.2, 0) is 41.8 Å². The number of nitrogens with zero attached hydrogens (tertiary/aromatic N) is 5. The molecule has 0 bridgehead atoms. The van der Waals surface area contributed by atoms with Crippen LogP contribution in [0.5, 0.6) is 0 Å². The van der Waals surface area contributed by atoms with Gasteiger partial charge in [0.2, 0.25) is 11.6 Å². The number of carboxylic acid groups (broad SMARTS) is 2. The second-order valence-electron chi connectivity index (χ2n) is 10.9. The highest BCUT2D eigenvalue weighted by Crippen LogP contribution is 2.40. The summed E-state index contributed by atoms with van der Waals surface area (Å²) in [5.41, 5.74) is 19.4. The highest BCUT2D eigenvalue weighted by Gasteiger charge is 2.55. The number of aliphatic carboxylic acids is 2. The molecular weight excluding hydrogens is 690 g/mol. The monoisotopic (exact) mass is 722 g/mol. The van der Waals surface area contributed by atoms with Crippen LogP contribution >= 0.6 is 34.7 Å². The van der Waals surface area contributed by atoms with Gasteiger partial charge < -0.3 is 46.9 Å². The third-order valence-corrected chi connectivity index (χ3v) is 10.1. The average Bonchev–Trinajstić information content (AvgIpc) is 3.55. The number of β-lactam (4-membered cyclic amide) rings is 1. The first-order chi connectivity index (χ1) is 22.8. The normalized spacial score (nSPS) is 19.1. The molecule has 2 aliphatic rings. The number of aryl methyl sites for hydroxylation is 1. The Labute approximate surface area is 286 Å². The topological polar surface area (TPSA) is 255 Å². The number of halogens is 1. The van der Waals surface area contributed by atoms with E-state index in [0.717, 1.165) is 27.3 Å². The van der Waals surface area contributed by atoms with E-state index in [1.165, 1.54) is 18.7 Å². The van der Waals surface area contributed by atoms with Crippen molar-refractivity contribution in [1.82, 2.24) is 19.8 Å². The van der Waals surface area contributed by atoms with Gasteiger partial charge in [-0.25, -0.2) is 14.6 Å². The molecule has 5 heterocycles. The molecule has 1 saturated heterocycles. The maximum atomic E-state index is 13.4. The average molecular weight is 723 g/mol. The second-order valence-corrected chi connectivity index (χ2v) is 13.7. The van der Waals surface area contributed by atoms with Crippen molar-refractivity contribution in [1.29, 1.82) is 0 Å². The molecule has 3 aromatic heterocycles. The van der Waals surface area contributed by atoms with Gasteiger partial charge >= 0.3 is 11.9 Å². The van der Waals surface area contributed by atoms with Crippen molar-refractivity contribution < 1.29 is 43.5 Å². The number of fused-ring (bicyclic) bond motifs is 2. The van der Waals surface area contributed by atoms with E-state index in [1.54, 1.807) is 19.4 Å². The first kappa shape index (κ1) is 34.9. The number of carbonyl (C=O) groups is 4. The summed E-state index contributed by atoms with van der Waals surface area (Å²) >= 11 is 8.31. The fourth-order valence-corrected chi connectivity index (χ4v) is 7.59. The standard InChI is InChI=1S/C28H32ClN9O8S2/c1-12(26(41)42)46-35-19(18-22(29)48-28(32)34-18)23(39)33-20-24(40)38-21(27(43)44)13(11-47-25(20)38)9-36-6-3-4-15-16(36)8-17(31)37(15)7-5-14(30)10-45-2/h3-4,6,8,12,14,20,25,31H,5,7,9-11,30H2,1-2H3,(H5,32,33,34,39,41,42,43,44)/p+1/t12-,14-,20+,25?/m0/s1. The van der Waals surface area contributed by atoms with Gasteiger partial charge in [0, 0.05) is 37.1 Å². The lowest BCUT2D eigenvalue weighted by atomic mass is 10.0. The molecule has 0 aliphatic carbocycles. The van der Waals surface area contributed by atoms with Crippen molar-refractivity contribution in [2.45, 2.75) is 50.0 Å². The molecule has 48 heavy (non-hydrogen) atoms. The molecule has 17 nitrogen and oxygen atoms in total. The number of ether oxygens (including phenoxy) is 1. The van der Waals surface area contributed by atoms with E-state index in [1.807, 2.05) is 21.3 Å². The number of nitrogens with one attached hydrogen (secondary N) is 1. The molecular formula is C28H33ClN9O8S2+. The molecule has 4 atom stereocenters. The lowest BCUT2D eigenvalue weighted by Gasteiger charge is -2.49. The zero-order valence-corrected chi connectivity index (χ0v) is 28.0. The van der Waals surface area contributed by atoms with Gasteiger partial charge in [-0.3, -0.25) is 14.5 Å². The van der Waals surface area contributed by atoms with Gasteiger partial charge in [-0.15, -0.1) is 11.8 Å². The summed E-state index contributed by atoms with van der Waals surface area (Å²) in [6.07, 6.45) is 1.01. The van der Waals surface area contributed by atoms with Crippen LogP contribution in [0.3, 0.4) is 0 Å². The number of nitrogens with two attached hydrogens (primary N) is 3. The highest BCUT2D eigenvalue weighted by atomic mass is 35.5. The van der Waals surface area contributed by atoms with Gasteiger partial charge in [0.15, 0.2) is 23.6 Å². The Balaban J connectivity index is 1.37. The lowest BCUT2D eigenvalue weighted by Crippen LogP contribution is -2.71. The lowest BCUT2D eigenvalue weighted by molar-refractivity contribution is -0.663. The van der Waals surface area contributed by atoms with Crippen LogP contribution in [0.25, 0.3) is 11.0 Å². The summed E-state index contributed by atoms with van der Waals surface area (Å²) < 4.78 is 8.91. The van der Waals surface area contributed by atoms with E-state index < -0.39 is 47.0 Å². The van der Waals surface area contributed by atoms with Gasteiger partial charge in [0.05, 0.1) is 12.7 Å². The van der Waals surface area contributed by atoms with E-state index in [0.29, 0.717) is 31.0 Å². The largest absolute Gasteiger partial charge is 0.478 e. The molecule has 256 valence electrons. The highest BCUT2D eigenvalue weighted by molar-refractivity contribution is 8.00. The number of thioether (sulfide) groups is 1. The second kappa shape index (κ2) is 14.4. The molecule has 20 heteroatoms. The van der Waals surface area contributed by atoms with Crippen LogP contribution in [-0.4, -0.2) is 97.2 Å². The molecule has 0 radical (unpaired) electrons. The molecule has 5 rings (SSSR count). The van der Waals surface area contributed by atoms with Crippen molar-refractivity contribution in [2.75, 3.05) is 30.9 Å². The summed E-state index contributed by atoms with van der Waals surface area (Å²) in [5, 5.41) is 24.9. The number of rotatable bonds is 14. The van der Waals surface area contributed by atoms with E-state index in [2.05, 4.69) is 15.5 Å².